The lowest BCUT2D eigenvalue weighted by Crippen LogP contribution is -2.41. The van der Waals surface area contributed by atoms with E-state index in [1.807, 2.05) is 27.7 Å². The Morgan fingerprint density at radius 3 is 2.39 bits per heavy atom. The Morgan fingerprint density at radius 2 is 1.74 bits per heavy atom. The predicted octanol–water partition coefficient (Wildman–Crippen LogP) is 2.51. The van der Waals surface area contributed by atoms with E-state index in [-0.39, 0.29) is 29.9 Å². The van der Waals surface area contributed by atoms with Crippen LogP contribution in [0.2, 0.25) is 0 Å². The summed E-state index contributed by atoms with van der Waals surface area (Å²) in [6, 6.07) is 7.00. The van der Waals surface area contributed by atoms with Crippen molar-refractivity contribution in [2.75, 3.05) is 39.8 Å². The third-order valence-electron chi connectivity index (χ3n) is 3.65. The first-order valence-electron chi connectivity index (χ1n) is 10.2. The van der Waals surface area contributed by atoms with Crippen LogP contribution in [0, 0.1) is 0 Å². The number of nitrogens with one attached hydrogen (secondary N) is 4. The van der Waals surface area contributed by atoms with Crippen molar-refractivity contribution in [2.24, 2.45) is 4.99 Å². The van der Waals surface area contributed by atoms with Gasteiger partial charge in [-0.05, 0) is 52.3 Å². The third-order valence-corrected chi connectivity index (χ3v) is 3.65. The molecule has 1 rings (SSSR count). The molecule has 0 aromatic heterocycles. The predicted molar refractivity (Wildman–Crippen MR) is 134 cm³/mol. The normalized spacial score (nSPS) is 11.1. The van der Waals surface area contributed by atoms with Crippen molar-refractivity contribution < 1.29 is 19.1 Å². The van der Waals surface area contributed by atoms with Crippen molar-refractivity contribution in [2.45, 2.75) is 39.7 Å². The zero-order valence-corrected chi connectivity index (χ0v) is 21.4. The number of rotatable bonds is 10. The van der Waals surface area contributed by atoms with Gasteiger partial charge in [-0.15, -0.1) is 24.0 Å². The second-order valence-electron chi connectivity index (χ2n) is 7.46. The van der Waals surface area contributed by atoms with Crippen molar-refractivity contribution in [1.29, 1.82) is 0 Å². The fraction of sp³-hybridized carbons (Fsp3) is 0.571. The number of carbonyl (C=O) groups excluding carboxylic acids is 2. The molecule has 176 valence electrons. The minimum atomic E-state index is -0.508. The Hall–Kier alpha value is -2.24. The van der Waals surface area contributed by atoms with Gasteiger partial charge in [-0.1, -0.05) is 6.07 Å². The first-order valence-corrected chi connectivity index (χ1v) is 10.2. The number of halogens is 1. The summed E-state index contributed by atoms with van der Waals surface area (Å²) < 4.78 is 10.3. The Balaban J connectivity index is 0.00000900. The van der Waals surface area contributed by atoms with Crippen molar-refractivity contribution in [3.8, 4) is 5.75 Å². The molecule has 0 bridgehead atoms. The van der Waals surface area contributed by atoms with Gasteiger partial charge >= 0.3 is 6.09 Å². The molecule has 31 heavy (non-hydrogen) atoms. The summed E-state index contributed by atoms with van der Waals surface area (Å²) in [4.78, 5) is 28.2. The standard InChI is InChI=1S/C21H35N5O4.HI/c1-6-22-19(24-11-8-12-26-20(28)30-21(2,3)4)25-14-13-23-18(27)16-9-7-10-17(15-16)29-5;/h7,9-10,15H,6,8,11-14H2,1-5H3,(H,23,27)(H,26,28)(H2,22,24,25);1H. The van der Waals surface area contributed by atoms with Gasteiger partial charge in [-0.2, -0.15) is 0 Å². The van der Waals surface area contributed by atoms with Crippen LogP contribution >= 0.6 is 24.0 Å². The maximum Gasteiger partial charge on any atom is 0.407 e. The molecule has 10 heteroatoms. The molecule has 9 nitrogen and oxygen atoms in total. The second-order valence-corrected chi connectivity index (χ2v) is 7.46. The number of hydrogen-bond donors (Lipinski definition) is 4. The fourth-order valence-electron chi connectivity index (χ4n) is 2.34. The summed E-state index contributed by atoms with van der Waals surface area (Å²) in [5.74, 6) is 1.14. The van der Waals surface area contributed by atoms with E-state index in [1.165, 1.54) is 0 Å². The molecule has 0 radical (unpaired) electrons. The first kappa shape index (κ1) is 28.8. The molecule has 0 aliphatic rings. The maximum absolute atomic E-state index is 12.2. The summed E-state index contributed by atoms with van der Waals surface area (Å²) in [5.41, 5.74) is 0.0410. The number of carbonyl (C=O) groups is 2. The number of aliphatic imine (C=N–C) groups is 1. The minimum Gasteiger partial charge on any atom is -0.497 e. The van der Waals surface area contributed by atoms with Gasteiger partial charge in [-0.3, -0.25) is 9.79 Å². The molecule has 0 atom stereocenters. The van der Waals surface area contributed by atoms with E-state index >= 15 is 0 Å². The molecule has 0 unspecified atom stereocenters. The average Bonchev–Trinajstić information content (AvgIpc) is 2.69. The molecule has 0 saturated heterocycles. The number of nitrogens with zero attached hydrogens (tertiary/aromatic N) is 1. The Bertz CT molecular complexity index is 707. The lowest BCUT2D eigenvalue weighted by molar-refractivity contribution is 0.0527. The summed E-state index contributed by atoms with van der Waals surface area (Å²) in [5, 5.41) is 11.9. The largest absolute Gasteiger partial charge is 0.497 e. The SMILES string of the molecule is CCNC(=NCCCNC(=O)OC(C)(C)C)NCCNC(=O)c1cccc(OC)c1.I. The molecule has 0 heterocycles. The van der Waals surface area contributed by atoms with Crippen LogP contribution in [0.3, 0.4) is 0 Å². The highest BCUT2D eigenvalue weighted by Gasteiger charge is 2.15. The molecule has 0 saturated carbocycles. The van der Waals surface area contributed by atoms with Gasteiger partial charge in [0.2, 0.25) is 0 Å². The van der Waals surface area contributed by atoms with Gasteiger partial charge in [0.05, 0.1) is 7.11 Å². The molecule has 0 fully saturated rings. The Labute approximate surface area is 202 Å². The second kappa shape index (κ2) is 15.5. The van der Waals surface area contributed by atoms with Crippen LogP contribution in [0.15, 0.2) is 29.3 Å². The summed E-state index contributed by atoms with van der Waals surface area (Å²) >= 11 is 0. The minimum absolute atomic E-state index is 0. The molecule has 0 aliphatic heterocycles. The van der Waals surface area contributed by atoms with Crippen LogP contribution in [0.5, 0.6) is 5.75 Å². The van der Waals surface area contributed by atoms with Crippen molar-refractivity contribution in [3.05, 3.63) is 29.8 Å². The first-order chi connectivity index (χ1) is 14.2. The van der Waals surface area contributed by atoms with Gasteiger partial charge in [-0.25, -0.2) is 4.79 Å². The zero-order valence-electron chi connectivity index (χ0n) is 19.0. The highest BCUT2D eigenvalue weighted by atomic mass is 127. The van der Waals surface area contributed by atoms with Gasteiger partial charge in [0.1, 0.15) is 11.4 Å². The van der Waals surface area contributed by atoms with E-state index in [0.717, 1.165) is 6.54 Å². The maximum atomic E-state index is 12.2. The third kappa shape index (κ3) is 13.6. The van der Waals surface area contributed by atoms with E-state index < -0.39 is 11.7 Å². The van der Waals surface area contributed by atoms with Crippen LogP contribution < -0.4 is 26.0 Å². The van der Waals surface area contributed by atoms with Gasteiger partial charge in [0, 0.05) is 38.3 Å². The number of alkyl carbamates (subject to hydrolysis) is 1. The summed E-state index contributed by atoms with van der Waals surface area (Å²) in [6.07, 6.45) is 0.255. The highest BCUT2D eigenvalue weighted by molar-refractivity contribution is 14.0. The molecule has 1 aromatic carbocycles. The van der Waals surface area contributed by atoms with Crippen molar-refractivity contribution in [1.82, 2.24) is 21.3 Å². The number of benzene rings is 1. The number of amides is 2. The molecule has 0 spiro atoms. The van der Waals surface area contributed by atoms with Gasteiger partial charge in [0.25, 0.3) is 5.91 Å². The van der Waals surface area contributed by atoms with Crippen molar-refractivity contribution in [3.63, 3.8) is 0 Å². The molecular formula is C21H36IN5O4. The van der Waals surface area contributed by atoms with Crippen LogP contribution in [0.1, 0.15) is 44.5 Å². The Kier molecular flexibility index (Phi) is 14.4. The number of ether oxygens (including phenoxy) is 2. The molecule has 4 N–H and O–H groups in total. The lowest BCUT2D eigenvalue weighted by Gasteiger charge is -2.19. The molecule has 0 aliphatic carbocycles. The fourth-order valence-corrected chi connectivity index (χ4v) is 2.34. The van der Waals surface area contributed by atoms with E-state index in [2.05, 4.69) is 26.3 Å². The van der Waals surface area contributed by atoms with Gasteiger partial charge < -0.3 is 30.7 Å². The zero-order chi connectivity index (χ0) is 22.4. The lowest BCUT2D eigenvalue weighted by atomic mass is 10.2. The van der Waals surface area contributed by atoms with Crippen LogP contribution in [0.4, 0.5) is 4.79 Å². The van der Waals surface area contributed by atoms with E-state index in [0.29, 0.717) is 49.9 Å². The van der Waals surface area contributed by atoms with Crippen LogP contribution in [0.25, 0.3) is 0 Å². The van der Waals surface area contributed by atoms with Crippen LogP contribution in [-0.4, -0.2) is 63.4 Å². The van der Waals surface area contributed by atoms with Gasteiger partial charge in [0.15, 0.2) is 5.96 Å². The van der Waals surface area contributed by atoms with E-state index in [1.54, 1.807) is 31.4 Å². The number of hydrogen-bond acceptors (Lipinski definition) is 5. The Morgan fingerprint density at radius 1 is 1.03 bits per heavy atom. The molecule has 1 aromatic rings. The molecule has 2 amide bonds. The van der Waals surface area contributed by atoms with E-state index in [4.69, 9.17) is 9.47 Å². The monoisotopic (exact) mass is 549 g/mol. The smallest absolute Gasteiger partial charge is 0.407 e. The van der Waals surface area contributed by atoms with Crippen LogP contribution in [-0.2, 0) is 4.74 Å². The summed E-state index contributed by atoms with van der Waals surface area (Å²) in [6.45, 7) is 10.2. The molecular weight excluding hydrogens is 513 g/mol. The quantitative estimate of drug-likeness (QED) is 0.155. The number of methoxy groups -OCH3 is 1. The highest BCUT2D eigenvalue weighted by Crippen LogP contribution is 2.12. The summed E-state index contributed by atoms with van der Waals surface area (Å²) in [7, 11) is 1.57. The number of guanidine groups is 1. The topological polar surface area (TPSA) is 113 Å². The van der Waals surface area contributed by atoms with E-state index in [9.17, 15) is 9.59 Å². The average molecular weight is 549 g/mol. The van der Waals surface area contributed by atoms with Crippen molar-refractivity contribution >= 4 is 41.9 Å².